The van der Waals surface area contributed by atoms with Crippen molar-refractivity contribution in [3.8, 4) is 0 Å². The number of nitrogens with zero attached hydrogens (tertiary/aromatic N) is 3. The molecule has 0 saturated carbocycles. The molecule has 0 aliphatic rings. The van der Waals surface area contributed by atoms with Crippen molar-refractivity contribution in [1.82, 2.24) is 19.5 Å². The molecule has 5 nitrogen and oxygen atoms in total. The van der Waals surface area contributed by atoms with E-state index in [1.54, 1.807) is 11.6 Å². The summed E-state index contributed by atoms with van der Waals surface area (Å²) in [5.74, 6) is -0.104. The van der Waals surface area contributed by atoms with Crippen molar-refractivity contribution in [3.05, 3.63) is 40.1 Å². The normalized spacial score (nSPS) is 10.9. The highest BCUT2D eigenvalue weighted by Gasteiger charge is 2.10. The fraction of sp³-hybridized carbons (Fsp3) is 0.462. The molecular formula is C13H17FN4OS. The first-order valence-electron chi connectivity index (χ1n) is 6.49. The van der Waals surface area contributed by atoms with E-state index in [0.717, 1.165) is 25.0 Å². The van der Waals surface area contributed by atoms with E-state index in [1.807, 2.05) is 0 Å². The molecule has 7 heteroatoms. The first-order valence-corrected chi connectivity index (χ1v) is 7.47. The highest BCUT2D eigenvalue weighted by atomic mass is 32.2. The Labute approximate surface area is 120 Å². The number of aryl methyl sites for hydroxylation is 2. The van der Waals surface area contributed by atoms with E-state index < -0.39 is 5.95 Å². The molecule has 0 spiro atoms. The van der Waals surface area contributed by atoms with Crippen LogP contribution >= 0.6 is 11.8 Å². The number of aromatic amines is 1. The SMILES string of the molecule is CCCCc1cc(=O)[nH]c(SCc2c(F)ncn2C)n1. The standard InChI is InChI=1S/C13H17FN4OS/c1-3-4-5-9-6-11(19)17-13(16-9)20-7-10-12(14)15-8-18(10)2/h6,8H,3-5,7H2,1-2H3,(H,16,17,19). The number of imidazole rings is 1. The van der Waals surface area contributed by atoms with E-state index in [-0.39, 0.29) is 5.56 Å². The molecule has 0 aromatic carbocycles. The number of hydrogen-bond donors (Lipinski definition) is 1. The number of halogens is 1. The second kappa shape index (κ2) is 6.69. The lowest BCUT2D eigenvalue weighted by Gasteiger charge is -2.04. The summed E-state index contributed by atoms with van der Waals surface area (Å²) in [5.41, 5.74) is 1.10. The van der Waals surface area contributed by atoms with Crippen LogP contribution in [-0.4, -0.2) is 19.5 Å². The molecule has 108 valence electrons. The van der Waals surface area contributed by atoms with E-state index in [0.29, 0.717) is 16.6 Å². The van der Waals surface area contributed by atoms with Crippen LogP contribution in [0.4, 0.5) is 4.39 Å². The average molecular weight is 296 g/mol. The van der Waals surface area contributed by atoms with Crippen LogP contribution in [0.1, 0.15) is 31.2 Å². The van der Waals surface area contributed by atoms with Gasteiger partial charge in [-0.05, 0) is 12.8 Å². The highest BCUT2D eigenvalue weighted by Crippen LogP contribution is 2.19. The Morgan fingerprint density at radius 2 is 2.30 bits per heavy atom. The average Bonchev–Trinajstić information content (AvgIpc) is 2.73. The molecule has 2 heterocycles. The maximum Gasteiger partial charge on any atom is 0.251 e. The Morgan fingerprint density at radius 3 is 2.95 bits per heavy atom. The van der Waals surface area contributed by atoms with Gasteiger partial charge in [0.15, 0.2) is 5.16 Å². The second-order valence-electron chi connectivity index (χ2n) is 4.53. The van der Waals surface area contributed by atoms with Crippen molar-refractivity contribution in [3.63, 3.8) is 0 Å². The summed E-state index contributed by atoms with van der Waals surface area (Å²) < 4.78 is 15.0. The fourth-order valence-electron chi connectivity index (χ4n) is 1.76. The van der Waals surface area contributed by atoms with Crippen molar-refractivity contribution in [2.45, 2.75) is 37.1 Å². The lowest BCUT2D eigenvalue weighted by Crippen LogP contribution is -2.10. The molecule has 2 aromatic rings. The van der Waals surface area contributed by atoms with Crippen LogP contribution in [0.2, 0.25) is 0 Å². The summed E-state index contributed by atoms with van der Waals surface area (Å²) in [6, 6.07) is 1.52. The van der Waals surface area contributed by atoms with Gasteiger partial charge >= 0.3 is 0 Å². The molecule has 0 radical (unpaired) electrons. The molecule has 0 aliphatic carbocycles. The molecule has 0 aliphatic heterocycles. The molecule has 0 fully saturated rings. The Balaban J connectivity index is 2.09. The Bertz CT molecular complexity index is 618. The summed E-state index contributed by atoms with van der Waals surface area (Å²) >= 11 is 1.30. The van der Waals surface area contributed by atoms with E-state index in [9.17, 15) is 9.18 Å². The van der Waals surface area contributed by atoms with Gasteiger partial charge in [-0.1, -0.05) is 25.1 Å². The zero-order chi connectivity index (χ0) is 14.5. The van der Waals surface area contributed by atoms with Crippen LogP contribution in [0.25, 0.3) is 0 Å². The summed E-state index contributed by atoms with van der Waals surface area (Å²) in [4.78, 5) is 22.2. The van der Waals surface area contributed by atoms with E-state index >= 15 is 0 Å². The van der Waals surface area contributed by atoms with Crippen molar-refractivity contribution in [2.75, 3.05) is 0 Å². The van der Waals surface area contributed by atoms with Gasteiger partial charge in [-0.15, -0.1) is 0 Å². The van der Waals surface area contributed by atoms with Gasteiger partial charge in [0.25, 0.3) is 5.56 Å². The van der Waals surface area contributed by atoms with Crippen molar-refractivity contribution in [1.29, 1.82) is 0 Å². The predicted molar refractivity (Wildman–Crippen MR) is 76.2 cm³/mol. The molecule has 0 unspecified atom stereocenters. The van der Waals surface area contributed by atoms with Crippen LogP contribution in [0.5, 0.6) is 0 Å². The number of thioether (sulfide) groups is 1. The molecule has 20 heavy (non-hydrogen) atoms. The molecule has 2 aromatic heterocycles. The third-order valence-corrected chi connectivity index (χ3v) is 3.80. The van der Waals surface area contributed by atoms with Crippen LogP contribution in [0, 0.1) is 5.95 Å². The number of rotatable bonds is 6. The van der Waals surface area contributed by atoms with Gasteiger partial charge in [-0.2, -0.15) is 4.39 Å². The minimum Gasteiger partial charge on any atom is -0.334 e. The summed E-state index contributed by atoms with van der Waals surface area (Å²) in [5, 5.41) is 0.518. The maximum atomic E-state index is 13.4. The van der Waals surface area contributed by atoms with Crippen LogP contribution < -0.4 is 5.56 Å². The molecule has 0 amide bonds. The van der Waals surface area contributed by atoms with Gasteiger partial charge in [0, 0.05) is 24.6 Å². The van der Waals surface area contributed by atoms with E-state index in [2.05, 4.69) is 21.9 Å². The van der Waals surface area contributed by atoms with Crippen LogP contribution in [-0.2, 0) is 19.2 Å². The third-order valence-electron chi connectivity index (χ3n) is 2.91. The monoisotopic (exact) mass is 296 g/mol. The van der Waals surface area contributed by atoms with Gasteiger partial charge < -0.3 is 9.55 Å². The quantitative estimate of drug-likeness (QED) is 0.656. The zero-order valence-electron chi connectivity index (χ0n) is 11.5. The molecule has 0 atom stereocenters. The van der Waals surface area contributed by atoms with E-state index in [4.69, 9.17) is 0 Å². The van der Waals surface area contributed by atoms with Crippen LogP contribution in [0.3, 0.4) is 0 Å². The van der Waals surface area contributed by atoms with Gasteiger partial charge in [0.05, 0.1) is 12.0 Å². The third kappa shape index (κ3) is 3.69. The largest absolute Gasteiger partial charge is 0.334 e. The maximum absolute atomic E-state index is 13.4. The van der Waals surface area contributed by atoms with Crippen molar-refractivity contribution >= 4 is 11.8 Å². The van der Waals surface area contributed by atoms with E-state index in [1.165, 1.54) is 24.2 Å². The second-order valence-corrected chi connectivity index (χ2v) is 5.49. The lowest BCUT2D eigenvalue weighted by molar-refractivity contribution is 0.577. The first kappa shape index (κ1) is 14.8. The molecular weight excluding hydrogens is 279 g/mol. The van der Waals surface area contributed by atoms with Gasteiger partial charge in [0.1, 0.15) is 0 Å². The van der Waals surface area contributed by atoms with Gasteiger partial charge in [0.2, 0.25) is 5.95 Å². The lowest BCUT2D eigenvalue weighted by atomic mass is 10.2. The first-order chi connectivity index (χ1) is 9.60. The molecule has 1 N–H and O–H groups in total. The highest BCUT2D eigenvalue weighted by molar-refractivity contribution is 7.98. The van der Waals surface area contributed by atoms with Crippen molar-refractivity contribution < 1.29 is 4.39 Å². The van der Waals surface area contributed by atoms with Gasteiger partial charge in [-0.25, -0.2) is 9.97 Å². The van der Waals surface area contributed by atoms with Crippen LogP contribution in [0.15, 0.2) is 22.3 Å². The number of nitrogens with one attached hydrogen (secondary N) is 1. The Hall–Kier alpha value is -1.63. The summed E-state index contributed by atoms with van der Waals surface area (Å²) in [6.45, 7) is 2.09. The minimum absolute atomic E-state index is 0.168. The number of unbranched alkanes of at least 4 members (excludes halogenated alkanes) is 1. The Kier molecular flexibility index (Phi) is 4.94. The topological polar surface area (TPSA) is 63.6 Å². The number of aromatic nitrogens is 4. The molecule has 0 saturated heterocycles. The predicted octanol–water partition coefficient (Wildman–Crippen LogP) is 2.28. The molecule has 2 rings (SSSR count). The van der Waals surface area contributed by atoms with Gasteiger partial charge in [-0.3, -0.25) is 4.79 Å². The Morgan fingerprint density at radius 1 is 1.50 bits per heavy atom. The number of H-pyrrole nitrogens is 1. The fourth-order valence-corrected chi connectivity index (χ4v) is 2.71. The minimum atomic E-state index is -0.482. The van der Waals surface area contributed by atoms with Crippen molar-refractivity contribution in [2.24, 2.45) is 7.05 Å². The smallest absolute Gasteiger partial charge is 0.251 e. The summed E-state index contributed by atoms with van der Waals surface area (Å²) in [7, 11) is 1.74. The zero-order valence-corrected chi connectivity index (χ0v) is 12.3. The number of hydrogen-bond acceptors (Lipinski definition) is 4. The molecule has 0 bridgehead atoms. The summed E-state index contributed by atoms with van der Waals surface area (Å²) in [6.07, 6.45) is 4.27.